The van der Waals surface area contributed by atoms with Crippen LogP contribution in [0.2, 0.25) is 0 Å². The van der Waals surface area contributed by atoms with E-state index in [1.54, 1.807) is 0 Å². The Bertz CT molecular complexity index is 197. The maximum atomic E-state index is 8.72. The highest BCUT2D eigenvalue weighted by Crippen LogP contribution is 2.09. The van der Waals surface area contributed by atoms with E-state index >= 15 is 0 Å². The Hall–Kier alpha value is -0.590. The molecule has 3 nitrogen and oxygen atoms in total. The molecule has 0 aromatic heterocycles. The first-order valence-electron chi connectivity index (χ1n) is 4.95. The molecule has 0 aliphatic carbocycles. The van der Waals surface area contributed by atoms with Crippen LogP contribution in [0.25, 0.3) is 0 Å². The summed E-state index contributed by atoms with van der Waals surface area (Å²) in [5.74, 6) is 0.158. The first-order chi connectivity index (χ1) is 6.13. The van der Waals surface area contributed by atoms with Crippen molar-refractivity contribution in [1.29, 1.82) is 5.26 Å². The van der Waals surface area contributed by atoms with Gasteiger partial charge in [0.2, 0.25) is 0 Å². The molecular weight excluding hydrogens is 162 g/mol. The summed E-state index contributed by atoms with van der Waals surface area (Å²) in [6, 6.07) is 2.88. The Balaban J connectivity index is 2.39. The van der Waals surface area contributed by atoms with E-state index in [2.05, 4.69) is 29.8 Å². The lowest BCUT2D eigenvalue weighted by molar-refractivity contribution is 0.0934. The summed E-state index contributed by atoms with van der Waals surface area (Å²) >= 11 is 0. The van der Waals surface area contributed by atoms with Crippen LogP contribution in [0.5, 0.6) is 0 Å². The molecule has 2 unspecified atom stereocenters. The molecule has 0 saturated carbocycles. The molecule has 0 amide bonds. The van der Waals surface area contributed by atoms with Crippen LogP contribution >= 0.6 is 0 Å². The fourth-order valence-electron chi connectivity index (χ4n) is 1.84. The highest BCUT2D eigenvalue weighted by molar-refractivity contribution is 4.85. The molecule has 0 radical (unpaired) electrons. The molecule has 0 N–H and O–H groups in total. The van der Waals surface area contributed by atoms with Crippen LogP contribution in [0.15, 0.2) is 0 Å². The van der Waals surface area contributed by atoms with Gasteiger partial charge in [-0.1, -0.05) is 0 Å². The third-order valence-electron chi connectivity index (χ3n) is 2.70. The van der Waals surface area contributed by atoms with E-state index in [0.29, 0.717) is 6.04 Å². The van der Waals surface area contributed by atoms with E-state index in [9.17, 15) is 0 Å². The lowest BCUT2D eigenvalue weighted by Crippen LogP contribution is -2.51. The Morgan fingerprint density at radius 1 is 1.54 bits per heavy atom. The summed E-state index contributed by atoms with van der Waals surface area (Å²) in [5.41, 5.74) is 0. The second-order valence-electron chi connectivity index (χ2n) is 4.14. The van der Waals surface area contributed by atoms with Gasteiger partial charge in [-0.3, -0.25) is 4.90 Å². The fraction of sp³-hybridized carbons (Fsp3) is 0.900. The summed E-state index contributed by atoms with van der Waals surface area (Å²) < 4.78 is 0. The van der Waals surface area contributed by atoms with E-state index in [0.717, 1.165) is 26.2 Å². The molecule has 1 fully saturated rings. The predicted molar refractivity (Wildman–Crippen MR) is 53.3 cm³/mol. The lowest BCUT2D eigenvalue weighted by atomic mass is 10.1. The Morgan fingerprint density at radius 3 is 2.77 bits per heavy atom. The van der Waals surface area contributed by atoms with Gasteiger partial charge in [0.15, 0.2) is 0 Å². The largest absolute Gasteiger partial charge is 0.304 e. The Morgan fingerprint density at radius 2 is 2.23 bits per heavy atom. The van der Waals surface area contributed by atoms with Gasteiger partial charge >= 0.3 is 0 Å². The van der Waals surface area contributed by atoms with Crippen molar-refractivity contribution in [2.45, 2.75) is 19.9 Å². The molecule has 13 heavy (non-hydrogen) atoms. The van der Waals surface area contributed by atoms with E-state index in [1.807, 2.05) is 6.92 Å². The van der Waals surface area contributed by atoms with Gasteiger partial charge < -0.3 is 4.90 Å². The lowest BCUT2D eigenvalue weighted by Gasteiger charge is -2.38. The van der Waals surface area contributed by atoms with Crippen molar-refractivity contribution in [2.24, 2.45) is 5.92 Å². The monoisotopic (exact) mass is 181 g/mol. The molecule has 3 heteroatoms. The molecule has 0 aromatic carbocycles. The molecule has 1 heterocycles. The van der Waals surface area contributed by atoms with Crippen LogP contribution in [0.4, 0.5) is 0 Å². The molecule has 1 aliphatic heterocycles. The van der Waals surface area contributed by atoms with Crippen LogP contribution < -0.4 is 0 Å². The standard InChI is InChI=1S/C10H19N3/c1-9(6-11)7-13-5-4-12(3)8-10(13)2/h9-10H,4-5,7-8H2,1-3H3. The second kappa shape index (κ2) is 4.59. The third kappa shape index (κ3) is 2.98. The average molecular weight is 181 g/mol. The van der Waals surface area contributed by atoms with Crippen LogP contribution in [0.1, 0.15) is 13.8 Å². The zero-order valence-electron chi connectivity index (χ0n) is 8.82. The highest BCUT2D eigenvalue weighted by atomic mass is 15.3. The topological polar surface area (TPSA) is 30.3 Å². The number of hydrogen-bond donors (Lipinski definition) is 0. The molecule has 0 aromatic rings. The van der Waals surface area contributed by atoms with Gasteiger partial charge in [-0.15, -0.1) is 0 Å². The summed E-state index contributed by atoms with van der Waals surface area (Å²) in [7, 11) is 2.15. The maximum absolute atomic E-state index is 8.72. The highest BCUT2D eigenvalue weighted by Gasteiger charge is 2.22. The molecule has 2 atom stereocenters. The molecule has 1 aliphatic rings. The van der Waals surface area contributed by atoms with Crippen molar-refractivity contribution >= 4 is 0 Å². The maximum Gasteiger partial charge on any atom is 0.0666 e. The molecule has 0 spiro atoms. The van der Waals surface area contributed by atoms with E-state index < -0.39 is 0 Å². The van der Waals surface area contributed by atoms with Crippen molar-refractivity contribution < 1.29 is 0 Å². The smallest absolute Gasteiger partial charge is 0.0666 e. The molecule has 1 saturated heterocycles. The zero-order chi connectivity index (χ0) is 9.84. The molecule has 74 valence electrons. The summed E-state index contributed by atoms with van der Waals surface area (Å²) in [6.45, 7) is 8.50. The van der Waals surface area contributed by atoms with Gasteiger partial charge in [0.05, 0.1) is 12.0 Å². The van der Waals surface area contributed by atoms with Crippen molar-refractivity contribution in [3.05, 3.63) is 0 Å². The van der Waals surface area contributed by atoms with E-state index in [-0.39, 0.29) is 5.92 Å². The first-order valence-corrected chi connectivity index (χ1v) is 4.95. The Labute approximate surface area is 80.9 Å². The first kappa shape index (κ1) is 10.5. The van der Waals surface area contributed by atoms with Gasteiger partial charge in [0.25, 0.3) is 0 Å². The zero-order valence-corrected chi connectivity index (χ0v) is 8.82. The minimum atomic E-state index is 0.158. The Kier molecular flexibility index (Phi) is 3.71. The summed E-state index contributed by atoms with van der Waals surface area (Å²) in [5, 5.41) is 8.72. The van der Waals surface area contributed by atoms with Gasteiger partial charge in [-0.25, -0.2) is 0 Å². The quantitative estimate of drug-likeness (QED) is 0.630. The van der Waals surface area contributed by atoms with Crippen molar-refractivity contribution in [1.82, 2.24) is 9.80 Å². The van der Waals surface area contributed by atoms with E-state index in [1.165, 1.54) is 0 Å². The summed E-state index contributed by atoms with van der Waals surface area (Å²) in [6.07, 6.45) is 0. The van der Waals surface area contributed by atoms with Gasteiger partial charge in [0.1, 0.15) is 0 Å². The minimum Gasteiger partial charge on any atom is -0.304 e. The number of hydrogen-bond acceptors (Lipinski definition) is 3. The average Bonchev–Trinajstić information content (AvgIpc) is 2.09. The van der Waals surface area contributed by atoms with Crippen LogP contribution in [0, 0.1) is 17.2 Å². The second-order valence-corrected chi connectivity index (χ2v) is 4.14. The van der Waals surface area contributed by atoms with Crippen LogP contribution in [0.3, 0.4) is 0 Å². The third-order valence-corrected chi connectivity index (χ3v) is 2.70. The molecule has 1 rings (SSSR count). The van der Waals surface area contributed by atoms with Gasteiger partial charge in [-0.05, 0) is 20.9 Å². The SMILES string of the molecule is CC(C#N)CN1CCN(C)CC1C. The fourth-order valence-corrected chi connectivity index (χ4v) is 1.84. The minimum absolute atomic E-state index is 0.158. The van der Waals surface area contributed by atoms with Gasteiger partial charge in [-0.2, -0.15) is 5.26 Å². The van der Waals surface area contributed by atoms with Crippen molar-refractivity contribution in [3.8, 4) is 6.07 Å². The number of piperazine rings is 1. The van der Waals surface area contributed by atoms with Crippen LogP contribution in [-0.4, -0.2) is 49.1 Å². The predicted octanol–water partition coefficient (Wildman–Crippen LogP) is 0.782. The van der Waals surface area contributed by atoms with Gasteiger partial charge in [0, 0.05) is 32.2 Å². The summed E-state index contributed by atoms with van der Waals surface area (Å²) in [4.78, 5) is 4.76. The number of rotatable bonds is 2. The van der Waals surface area contributed by atoms with Crippen molar-refractivity contribution in [2.75, 3.05) is 33.2 Å². The van der Waals surface area contributed by atoms with Crippen molar-refractivity contribution in [3.63, 3.8) is 0 Å². The number of nitrogens with zero attached hydrogens (tertiary/aromatic N) is 3. The van der Waals surface area contributed by atoms with E-state index in [4.69, 9.17) is 5.26 Å². The molecular formula is C10H19N3. The van der Waals surface area contributed by atoms with Crippen LogP contribution in [-0.2, 0) is 0 Å². The number of nitriles is 1. The number of likely N-dealkylation sites (N-methyl/N-ethyl adjacent to an activating group) is 1. The normalized spacial score (nSPS) is 28.3. The molecule has 0 bridgehead atoms.